The molecule has 0 bridgehead atoms. The van der Waals surface area contributed by atoms with Gasteiger partial charge in [0.15, 0.2) is 0 Å². The monoisotopic (exact) mass is 149 g/mol. The molecule has 0 saturated carbocycles. The molecular weight excluding hydrogens is 138 g/mol. The summed E-state index contributed by atoms with van der Waals surface area (Å²) in [5.74, 6) is 2.02. The van der Waals surface area contributed by atoms with Gasteiger partial charge in [0.25, 0.3) is 0 Å². The van der Waals surface area contributed by atoms with E-state index in [2.05, 4.69) is 0 Å². The highest BCUT2D eigenvalue weighted by Crippen LogP contribution is 2.09. The number of hydrogen-bond donors (Lipinski definition) is 2. The molecular formula is C5H11NO2S. The summed E-state index contributed by atoms with van der Waals surface area (Å²) in [6.07, 6.45) is -1.24. The first kappa shape index (κ1) is 7.34. The van der Waals surface area contributed by atoms with Crippen molar-refractivity contribution in [1.82, 2.24) is 4.90 Å². The third kappa shape index (κ3) is 2.14. The highest BCUT2D eigenvalue weighted by molar-refractivity contribution is 7.99. The van der Waals surface area contributed by atoms with Crippen molar-refractivity contribution < 1.29 is 10.2 Å². The summed E-state index contributed by atoms with van der Waals surface area (Å²) in [7, 11) is 0. The third-order valence-corrected chi connectivity index (χ3v) is 2.31. The Morgan fingerprint density at radius 3 is 2.11 bits per heavy atom. The number of aliphatic hydroxyl groups excluding tert-OH is 1. The van der Waals surface area contributed by atoms with Crippen LogP contribution in [-0.4, -0.2) is 46.1 Å². The van der Waals surface area contributed by atoms with Crippen LogP contribution in [0.2, 0.25) is 0 Å². The topological polar surface area (TPSA) is 43.7 Å². The lowest BCUT2D eigenvalue weighted by atomic mass is 10.5. The quantitative estimate of drug-likeness (QED) is 0.484. The molecule has 54 valence electrons. The van der Waals surface area contributed by atoms with Crippen LogP contribution in [0.5, 0.6) is 0 Å². The summed E-state index contributed by atoms with van der Waals surface area (Å²) in [5.41, 5.74) is 0. The average Bonchev–Trinajstić information content (AvgIpc) is 1.90. The van der Waals surface area contributed by atoms with E-state index in [1.54, 1.807) is 4.90 Å². The SMILES string of the molecule is OC(O)N1CCSCC1. The fourth-order valence-electron chi connectivity index (χ4n) is 0.808. The van der Waals surface area contributed by atoms with Crippen molar-refractivity contribution in [2.45, 2.75) is 6.41 Å². The van der Waals surface area contributed by atoms with Crippen molar-refractivity contribution in [2.75, 3.05) is 24.6 Å². The van der Waals surface area contributed by atoms with Gasteiger partial charge in [-0.25, -0.2) is 0 Å². The van der Waals surface area contributed by atoms with Crippen molar-refractivity contribution in [2.24, 2.45) is 0 Å². The van der Waals surface area contributed by atoms with Gasteiger partial charge >= 0.3 is 0 Å². The Labute approximate surface area is 58.7 Å². The highest BCUT2D eigenvalue weighted by Gasteiger charge is 2.14. The number of nitrogens with zero attached hydrogens (tertiary/aromatic N) is 1. The zero-order valence-corrected chi connectivity index (χ0v) is 5.97. The molecule has 1 heterocycles. The smallest absolute Gasteiger partial charge is 0.213 e. The van der Waals surface area contributed by atoms with Crippen LogP contribution in [0.3, 0.4) is 0 Å². The maximum atomic E-state index is 8.65. The minimum absolute atomic E-state index is 0.794. The predicted octanol–water partition coefficient (Wildman–Crippen LogP) is -0.697. The van der Waals surface area contributed by atoms with Gasteiger partial charge in [-0.05, 0) is 0 Å². The van der Waals surface area contributed by atoms with Crippen molar-refractivity contribution >= 4 is 11.8 Å². The molecule has 1 aliphatic rings. The van der Waals surface area contributed by atoms with E-state index in [1.807, 2.05) is 11.8 Å². The van der Waals surface area contributed by atoms with E-state index in [0.29, 0.717) is 0 Å². The van der Waals surface area contributed by atoms with Gasteiger partial charge in [0.1, 0.15) is 0 Å². The van der Waals surface area contributed by atoms with Gasteiger partial charge in [0.2, 0.25) is 6.41 Å². The Morgan fingerprint density at radius 1 is 1.22 bits per heavy atom. The zero-order chi connectivity index (χ0) is 6.69. The molecule has 1 saturated heterocycles. The average molecular weight is 149 g/mol. The van der Waals surface area contributed by atoms with Gasteiger partial charge in [0, 0.05) is 24.6 Å². The molecule has 0 unspecified atom stereocenters. The largest absolute Gasteiger partial charge is 0.356 e. The van der Waals surface area contributed by atoms with Crippen LogP contribution in [-0.2, 0) is 0 Å². The Morgan fingerprint density at radius 2 is 1.78 bits per heavy atom. The highest BCUT2D eigenvalue weighted by atomic mass is 32.2. The molecule has 1 rings (SSSR count). The number of rotatable bonds is 1. The summed E-state index contributed by atoms with van der Waals surface area (Å²) in [6.45, 7) is 1.59. The van der Waals surface area contributed by atoms with Crippen LogP contribution < -0.4 is 0 Å². The molecule has 0 spiro atoms. The second-order valence-corrected chi connectivity index (χ2v) is 3.22. The zero-order valence-electron chi connectivity index (χ0n) is 5.16. The molecule has 0 aromatic heterocycles. The Hall–Kier alpha value is 0.230. The van der Waals surface area contributed by atoms with Crippen LogP contribution >= 0.6 is 11.8 Å². The van der Waals surface area contributed by atoms with Crippen LogP contribution in [0.4, 0.5) is 0 Å². The summed E-state index contributed by atoms with van der Waals surface area (Å²) >= 11 is 1.85. The molecule has 0 aromatic carbocycles. The molecule has 0 aliphatic carbocycles. The summed E-state index contributed by atoms with van der Waals surface area (Å²) in [4.78, 5) is 1.65. The van der Waals surface area contributed by atoms with Gasteiger partial charge in [-0.3, -0.25) is 4.90 Å². The van der Waals surface area contributed by atoms with Gasteiger partial charge in [0.05, 0.1) is 0 Å². The first-order valence-electron chi connectivity index (χ1n) is 2.98. The third-order valence-electron chi connectivity index (χ3n) is 1.37. The Balaban J connectivity index is 2.23. The van der Waals surface area contributed by atoms with Crippen molar-refractivity contribution in [1.29, 1.82) is 0 Å². The van der Waals surface area contributed by atoms with E-state index in [-0.39, 0.29) is 0 Å². The molecule has 1 fully saturated rings. The lowest BCUT2D eigenvalue weighted by Gasteiger charge is -2.26. The lowest BCUT2D eigenvalue weighted by Crippen LogP contribution is -2.40. The maximum absolute atomic E-state index is 8.65. The van der Waals surface area contributed by atoms with Crippen LogP contribution in [0.25, 0.3) is 0 Å². The van der Waals surface area contributed by atoms with E-state index < -0.39 is 6.41 Å². The van der Waals surface area contributed by atoms with E-state index in [1.165, 1.54) is 0 Å². The normalized spacial score (nSPS) is 23.0. The molecule has 3 nitrogen and oxygen atoms in total. The fourth-order valence-corrected chi connectivity index (χ4v) is 1.74. The van der Waals surface area contributed by atoms with Gasteiger partial charge in [-0.1, -0.05) is 0 Å². The van der Waals surface area contributed by atoms with Gasteiger partial charge in [-0.2, -0.15) is 11.8 Å². The second kappa shape index (κ2) is 3.41. The minimum atomic E-state index is -1.24. The molecule has 4 heteroatoms. The van der Waals surface area contributed by atoms with Crippen LogP contribution in [0, 0.1) is 0 Å². The summed E-state index contributed by atoms with van der Waals surface area (Å²) in [6, 6.07) is 0. The summed E-state index contributed by atoms with van der Waals surface area (Å²) in [5, 5.41) is 17.3. The van der Waals surface area contributed by atoms with E-state index >= 15 is 0 Å². The number of thioether (sulfide) groups is 1. The fraction of sp³-hybridized carbons (Fsp3) is 1.00. The Bertz CT molecular complexity index is 83.0. The molecule has 0 aromatic rings. The Kier molecular flexibility index (Phi) is 2.78. The molecule has 0 amide bonds. The minimum Gasteiger partial charge on any atom is -0.356 e. The molecule has 1 aliphatic heterocycles. The molecule has 2 N–H and O–H groups in total. The van der Waals surface area contributed by atoms with Crippen LogP contribution in [0.1, 0.15) is 0 Å². The standard InChI is InChI=1S/C5H11NO2S/c7-5(8)6-1-3-9-4-2-6/h5,7-8H,1-4H2. The predicted molar refractivity (Wildman–Crippen MR) is 37.1 cm³/mol. The summed E-state index contributed by atoms with van der Waals surface area (Å²) < 4.78 is 0. The van der Waals surface area contributed by atoms with Crippen molar-refractivity contribution in [3.63, 3.8) is 0 Å². The van der Waals surface area contributed by atoms with Gasteiger partial charge < -0.3 is 10.2 Å². The first-order chi connectivity index (χ1) is 4.30. The molecule has 0 radical (unpaired) electrons. The lowest BCUT2D eigenvalue weighted by molar-refractivity contribution is -0.151. The van der Waals surface area contributed by atoms with Crippen molar-refractivity contribution in [3.05, 3.63) is 0 Å². The molecule has 9 heavy (non-hydrogen) atoms. The van der Waals surface area contributed by atoms with E-state index in [0.717, 1.165) is 24.6 Å². The second-order valence-electron chi connectivity index (χ2n) is 1.99. The van der Waals surface area contributed by atoms with Crippen molar-refractivity contribution in [3.8, 4) is 0 Å². The van der Waals surface area contributed by atoms with Gasteiger partial charge in [-0.15, -0.1) is 0 Å². The number of hydrogen-bond acceptors (Lipinski definition) is 4. The van der Waals surface area contributed by atoms with Crippen LogP contribution in [0.15, 0.2) is 0 Å². The van der Waals surface area contributed by atoms with E-state index in [9.17, 15) is 0 Å². The number of aliphatic hydroxyl groups is 2. The molecule has 0 atom stereocenters. The maximum Gasteiger partial charge on any atom is 0.213 e. The van der Waals surface area contributed by atoms with E-state index in [4.69, 9.17) is 10.2 Å². The first-order valence-corrected chi connectivity index (χ1v) is 4.14.